The number of carbonyl (C=O) groups excluding carboxylic acids is 3. The number of piperazine rings is 1. The summed E-state index contributed by atoms with van der Waals surface area (Å²) in [4.78, 5) is 43.7. The number of nitrogens with zero attached hydrogens (tertiary/aromatic N) is 3. The van der Waals surface area contributed by atoms with Gasteiger partial charge in [0.15, 0.2) is 0 Å². The van der Waals surface area contributed by atoms with Gasteiger partial charge in [-0.2, -0.15) is 0 Å². The van der Waals surface area contributed by atoms with E-state index >= 15 is 0 Å². The van der Waals surface area contributed by atoms with Crippen LogP contribution in [-0.4, -0.2) is 78.4 Å². The molecule has 3 heterocycles. The summed E-state index contributed by atoms with van der Waals surface area (Å²) in [6, 6.07) is 4.98. The van der Waals surface area contributed by atoms with Crippen molar-refractivity contribution < 1.29 is 37.1 Å². The summed E-state index contributed by atoms with van der Waals surface area (Å²) in [7, 11) is 0. The Morgan fingerprint density at radius 3 is 2.39 bits per heavy atom. The normalized spacial score (nSPS) is 22.2. The zero-order valence-corrected chi connectivity index (χ0v) is 17.9. The number of carbonyl (C=O) groups is 3. The van der Waals surface area contributed by atoms with Gasteiger partial charge in [0, 0.05) is 57.7 Å². The predicted molar refractivity (Wildman–Crippen MR) is 108 cm³/mol. The van der Waals surface area contributed by atoms with Crippen molar-refractivity contribution in [2.45, 2.75) is 38.1 Å². The van der Waals surface area contributed by atoms with E-state index in [4.69, 9.17) is 4.84 Å². The average Bonchev–Trinajstić information content (AvgIpc) is 3.41. The SMILES string of the molecule is O=C(ON1C(=O)CCC1=O)N1CCN(Cc2ccc(C3CCNC3)cc2OC(F)(F)F)CC1. The molecule has 4 rings (SSSR count). The third kappa shape index (κ3) is 5.74. The van der Waals surface area contributed by atoms with Crippen LogP contribution in [-0.2, 0) is 21.0 Å². The molecule has 1 atom stereocenters. The molecule has 1 aromatic rings. The number of nitrogens with one attached hydrogen (secondary N) is 1. The van der Waals surface area contributed by atoms with Crippen LogP contribution < -0.4 is 10.1 Å². The van der Waals surface area contributed by atoms with Gasteiger partial charge in [0.05, 0.1) is 0 Å². The van der Waals surface area contributed by atoms with E-state index in [2.05, 4.69) is 10.1 Å². The number of alkyl halides is 3. The fourth-order valence-electron chi connectivity index (χ4n) is 4.24. The molecule has 3 saturated heterocycles. The zero-order valence-electron chi connectivity index (χ0n) is 17.9. The van der Waals surface area contributed by atoms with Crippen LogP contribution in [0.2, 0.25) is 0 Å². The molecule has 1 aromatic carbocycles. The van der Waals surface area contributed by atoms with E-state index in [9.17, 15) is 27.6 Å². The topological polar surface area (TPSA) is 91.4 Å². The summed E-state index contributed by atoms with van der Waals surface area (Å²) in [5.41, 5.74) is 1.22. The zero-order chi connectivity index (χ0) is 23.6. The largest absolute Gasteiger partial charge is 0.573 e. The van der Waals surface area contributed by atoms with Crippen molar-refractivity contribution in [1.29, 1.82) is 0 Å². The number of amides is 3. The number of halogens is 3. The van der Waals surface area contributed by atoms with Gasteiger partial charge < -0.3 is 19.8 Å². The molecule has 1 N–H and O–H groups in total. The number of ether oxygens (including phenoxy) is 1. The smallest absolute Gasteiger partial charge is 0.405 e. The number of hydrogen-bond donors (Lipinski definition) is 1. The number of imide groups is 1. The summed E-state index contributed by atoms with van der Waals surface area (Å²) >= 11 is 0. The first-order valence-corrected chi connectivity index (χ1v) is 10.8. The third-order valence-electron chi connectivity index (χ3n) is 6.05. The molecule has 0 aromatic heterocycles. The van der Waals surface area contributed by atoms with Crippen LogP contribution >= 0.6 is 0 Å². The second kappa shape index (κ2) is 9.56. The molecule has 3 aliphatic heterocycles. The quantitative estimate of drug-likeness (QED) is 0.658. The molecule has 0 aliphatic carbocycles. The molecule has 3 fully saturated rings. The van der Waals surface area contributed by atoms with Gasteiger partial charge in [-0.15, -0.1) is 18.2 Å². The van der Waals surface area contributed by atoms with Gasteiger partial charge in [-0.1, -0.05) is 12.1 Å². The van der Waals surface area contributed by atoms with Gasteiger partial charge in [0.2, 0.25) is 0 Å². The Kier molecular flexibility index (Phi) is 6.75. The van der Waals surface area contributed by atoms with Crippen molar-refractivity contribution in [3.8, 4) is 5.75 Å². The molecule has 3 aliphatic rings. The molecule has 0 radical (unpaired) electrons. The standard InChI is InChI=1S/C21H25F3N4O5/c22-21(23,24)32-17-11-14(15-5-6-25-12-15)1-2-16(17)13-26-7-9-27(10-8-26)20(31)33-28-18(29)3-4-19(28)30/h1-2,11,15,25H,3-10,12-13H2. The van der Waals surface area contributed by atoms with Gasteiger partial charge in [-0.3, -0.25) is 14.5 Å². The molecule has 0 bridgehead atoms. The summed E-state index contributed by atoms with van der Waals surface area (Å²) in [5, 5.41) is 3.70. The first kappa shape index (κ1) is 23.3. The van der Waals surface area contributed by atoms with E-state index in [0.29, 0.717) is 23.7 Å². The minimum Gasteiger partial charge on any atom is -0.405 e. The number of hydrogen-bond acceptors (Lipinski definition) is 7. The van der Waals surface area contributed by atoms with E-state index in [-0.39, 0.29) is 44.1 Å². The highest BCUT2D eigenvalue weighted by molar-refractivity contribution is 6.01. The Balaban J connectivity index is 1.36. The lowest BCUT2D eigenvalue weighted by Crippen LogP contribution is -2.50. The van der Waals surface area contributed by atoms with E-state index in [0.717, 1.165) is 25.1 Å². The van der Waals surface area contributed by atoms with Crippen LogP contribution in [0.1, 0.15) is 36.3 Å². The molecule has 12 heteroatoms. The van der Waals surface area contributed by atoms with Crippen LogP contribution in [0, 0.1) is 0 Å². The Morgan fingerprint density at radius 2 is 1.79 bits per heavy atom. The van der Waals surface area contributed by atoms with Crippen molar-refractivity contribution in [1.82, 2.24) is 20.2 Å². The van der Waals surface area contributed by atoms with E-state index < -0.39 is 24.3 Å². The number of benzene rings is 1. The lowest BCUT2D eigenvalue weighted by molar-refractivity contribution is -0.275. The lowest BCUT2D eigenvalue weighted by atomic mass is 9.96. The first-order chi connectivity index (χ1) is 15.7. The Morgan fingerprint density at radius 1 is 1.09 bits per heavy atom. The first-order valence-electron chi connectivity index (χ1n) is 10.8. The Labute approximate surface area is 188 Å². The van der Waals surface area contributed by atoms with Gasteiger partial charge in [0.1, 0.15) is 5.75 Å². The summed E-state index contributed by atoms with van der Waals surface area (Å²) in [6.45, 7) is 3.03. The average molecular weight is 470 g/mol. The molecular weight excluding hydrogens is 445 g/mol. The third-order valence-corrected chi connectivity index (χ3v) is 6.05. The molecule has 1 unspecified atom stereocenters. The van der Waals surface area contributed by atoms with E-state index in [1.807, 2.05) is 11.0 Å². The molecule has 0 spiro atoms. The van der Waals surface area contributed by atoms with Crippen LogP contribution in [0.25, 0.3) is 0 Å². The van der Waals surface area contributed by atoms with E-state index in [1.54, 1.807) is 6.07 Å². The summed E-state index contributed by atoms with van der Waals surface area (Å²) in [5.74, 6) is -1.17. The maximum absolute atomic E-state index is 13.0. The monoisotopic (exact) mass is 470 g/mol. The van der Waals surface area contributed by atoms with Crippen LogP contribution in [0.3, 0.4) is 0 Å². The Hall–Kier alpha value is -2.86. The van der Waals surface area contributed by atoms with Crippen LogP contribution in [0.15, 0.2) is 18.2 Å². The molecule has 3 amide bonds. The summed E-state index contributed by atoms with van der Waals surface area (Å²) < 4.78 is 43.4. The molecule has 0 saturated carbocycles. The van der Waals surface area contributed by atoms with Crippen molar-refractivity contribution in [3.05, 3.63) is 29.3 Å². The fraction of sp³-hybridized carbons (Fsp3) is 0.571. The minimum absolute atomic E-state index is 0.0122. The van der Waals surface area contributed by atoms with Crippen molar-refractivity contribution in [2.75, 3.05) is 39.3 Å². The van der Waals surface area contributed by atoms with Gasteiger partial charge >= 0.3 is 12.5 Å². The van der Waals surface area contributed by atoms with Crippen LogP contribution in [0.5, 0.6) is 5.75 Å². The highest BCUT2D eigenvalue weighted by Crippen LogP contribution is 2.32. The lowest BCUT2D eigenvalue weighted by Gasteiger charge is -2.34. The highest BCUT2D eigenvalue weighted by atomic mass is 19.4. The second-order valence-corrected chi connectivity index (χ2v) is 8.31. The van der Waals surface area contributed by atoms with Crippen LogP contribution in [0.4, 0.5) is 18.0 Å². The van der Waals surface area contributed by atoms with Gasteiger partial charge in [0.25, 0.3) is 11.8 Å². The van der Waals surface area contributed by atoms with Crippen molar-refractivity contribution in [3.63, 3.8) is 0 Å². The molecule has 33 heavy (non-hydrogen) atoms. The Bertz CT molecular complexity index is 896. The fourth-order valence-corrected chi connectivity index (χ4v) is 4.24. The van der Waals surface area contributed by atoms with Crippen molar-refractivity contribution in [2.24, 2.45) is 0 Å². The second-order valence-electron chi connectivity index (χ2n) is 8.31. The predicted octanol–water partition coefficient (Wildman–Crippen LogP) is 1.98. The maximum Gasteiger partial charge on any atom is 0.573 e. The van der Waals surface area contributed by atoms with Gasteiger partial charge in [-0.05, 0) is 30.5 Å². The maximum atomic E-state index is 13.0. The van der Waals surface area contributed by atoms with Crippen molar-refractivity contribution >= 4 is 17.9 Å². The molecule has 9 nitrogen and oxygen atoms in total. The number of hydroxylamine groups is 2. The van der Waals surface area contributed by atoms with Gasteiger partial charge in [-0.25, -0.2) is 4.79 Å². The molecular formula is C21H25F3N4O5. The molecule has 180 valence electrons. The highest BCUT2D eigenvalue weighted by Gasteiger charge is 2.35. The summed E-state index contributed by atoms with van der Waals surface area (Å²) in [6.07, 6.45) is -4.71. The van der Waals surface area contributed by atoms with E-state index in [1.165, 1.54) is 11.0 Å². The number of rotatable bonds is 5. The minimum atomic E-state index is -4.80.